The molecule has 0 amide bonds. The summed E-state index contributed by atoms with van der Waals surface area (Å²) in [5.74, 6) is 0. The summed E-state index contributed by atoms with van der Waals surface area (Å²) < 4.78 is 0. The van der Waals surface area contributed by atoms with Gasteiger partial charge >= 0.3 is 62.3 Å². The van der Waals surface area contributed by atoms with Crippen molar-refractivity contribution in [3.63, 3.8) is 0 Å². The largest absolute Gasteiger partial charge is 1.00 e. The number of hydrogen-bond acceptors (Lipinski definition) is 0. The SMILES string of the molecule is CCCCCC[CH2][Zn+].[Br-]. The van der Waals surface area contributed by atoms with Crippen molar-refractivity contribution in [3.8, 4) is 0 Å². The van der Waals surface area contributed by atoms with Crippen LogP contribution in [0.5, 0.6) is 0 Å². The fourth-order valence-corrected chi connectivity index (χ4v) is 1.52. The first-order valence-electron chi connectivity index (χ1n) is 3.71. The van der Waals surface area contributed by atoms with E-state index in [0.29, 0.717) is 0 Å². The second-order valence-electron chi connectivity index (χ2n) is 2.27. The predicted molar refractivity (Wildman–Crippen MR) is 33.6 cm³/mol. The second kappa shape index (κ2) is 11.8. The van der Waals surface area contributed by atoms with Crippen LogP contribution in [0, 0.1) is 0 Å². The zero-order valence-corrected chi connectivity index (χ0v) is 10.9. The van der Waals surface area contributed by atoms with Gasteiger partial charge < -0.3 is 17.0 Å². The third kappa shape index (κ3) is 12.3. The Kier molecular flexibility index (Phi) is 16.8. The van der Waals surface area contributed by atoms with Crippen LogP contribution in [0.3, 0.4) is 0 Å². The van der Waals surface area contributed by atoms with Gasteiger partial charge in [-0.3, -0.25) is 0 Å². The molecule has 0 aromatic heterocycles. The van der Waals surface area contributed by atoms with E-state index in [-0.39, 0.29) is 17.0 Å². The average molecular weight is 244 g/mol. The van der Waals surface area contributed by atoms with Crippen LogP contribution >= 0.6 is 0 Å². The first kappa shape index (κ1) is 12.8. The fraction of sp³-hybridized carbons (Fsp3) is 1.00. The van der Waals surface area contributed by atoms with Crippen molar-refractivity contribution in [3.05, 3.63) is 0 Å². The maximum atomic E-state index is 2.26. The number of rotatable bonds is 5. The summed E-state index contributed by atoms with van der Waals surface area (Å²) in [5, 5.41) is 1.49. The average Bonchev–Trinajstić information content (AvgIpc) is 1.81. The van der Waals surface area contributed by atoms with E-state index >= 15 is 0 Å². The van der Waals surface area contributed by atoms with Crippen LogP contribution < -0.4 is 17.0 Å². The molecule has 0 fully saturated rings. The molecule has 0 unspecified atom stereocenters. The molecule has 0 saturated heterocycles. The maximum absolute atomic E-state index is 2.26. The van der Waals surface area contributed by atoms with E-state index in [1.54, 1.807) is 0 Å². The molecule has 0 atom stereocenters. The normalized spacial score (nSPS) is 8.78. The molecule has 0 aliphatic rings. The first-order valence-corrected chi connectivity index (χ1v) is 5.81. The van der Waals surface area contributed by atoms with Gasteiger partial charge in [0.05, 0.1) is 0 Å². The summed E-state index contributed by atoms with van der Waals surface area (Å²) in [6.45, 7) is 2.26. The van der Waals surface area contributed by atoms with Crippen molar-refractivity contribution in [2.24, 2.45) is 0 Å². The van der Waals surface area contributed by atoms with Crippen molar-refractivity contribution in [1.29, 1.82) is 0 Å². The van der Waals surface area contributed by atoms with Gasteiger partial charge in [-0.05, 0) is 0 Å². The summed E-state index contributed by atoms with van der Waals surface area (Å²) in [4.78, 5) is 0. The molecule has 0 heterocycles. The van der Waals surface area contributed by atoms with E-state index in [0.717, 1.165) is 0 Å². The van der Waals surface area contributed by atoms with Gasteiger partial charge in [-0.2, -0.15) is 0 Å². The van der Waals surface area contributed by atoms with Gasteiger partial charge in [-0.25, -0.2) is 0 Å². The molecule has 0 radical (unpaired) electrons. The van der Waals surface area contributed by atoms with Crippen LogP contribution in [0.2, 0.25) is 5.02 Å². The molecule has 0 rings (SSSR count). The molecule has 0 aliphatic heterocycles. The summed E-state index contributed by atoms with van der Waals surface area (Å²) in [5.41, 5.74) is 0. The minimum absolute atomic E-state index is 0. The Morgan fingerprint density at radius 2 is 1.56 bits per heavy atom. The van der Waals surface area contributed by atoms with E-state index in [9.17, 15) is 0 Å². The third-order valence-electron chi connectivity index (χ3n) is 1.35. The molecule has 0 aromatic carbocycles. The van der Waals surface area contributed by atoms with Crippen LogP contribution in [0.15, 0.2) is 0 Å². The summed E-state index contributed by atoms with van der Waals surface area (Å²) in [6, 6.07) is 0. The Morgan fingerprint density at radius 1 is 1.00 bits per heavy atom. The minimum Gasteiger partial charge on any atom is -1.00 e. The van der Waals surface area contributed by atoms with E-state index in [2.05, 4.69) is 6.92 Å². The van der Waals surface area contributed by atoms with E-state index in [1.165, 1.54) is 55.4 Å². The van der Waals surface area contributed by atoms with Gasteiger partial charge in [0.2, 0.25) is 0 Å². The standard InChI is InChI=1S/C7H15.BrH.Zn/c1-3-5-7-6-4-2;;/h1,3-7H2,2H3;1H;/q;;+1/p-1. The van der Waals surface area contributed by atoms with Gasteiger partial charge in [0.1, 0.15) is 0 Å². The summed E-state index contributed by atoms with van der Waals surface area (Å²) in [7, 11) is 0. The van der Waals surface area contributed by atoms with Gasteiger partial charge in [0.15, 0.2) is 0 Å². The molecule has 0 aliphatic carbocycles. The zero-order chi connectivity index (χ0) is 6.24. The van der Waals surface area contributed by atoms with E-state index in [4.69, 9.17) is 0 Å². The van der Waals surface area contributed by atoms with Crippen LogP contribution in [0.25, 0.3) is 0 Å². The maximum Gasteiger partial charge on any atom is -1.00 e. The summed E-state index contributed by atoms with van der Waals surface area (Å²) in [6.07, 6.45) is 7.25. The van der Waals surface area contributed by atoms with E-state index in [1.807, 2.05) is 0 Å². The van der Waals surface area contributed by atoms with Crippen molar-refractivity contribution < 1.29 is 35.3 Å². The van der Waals surface area contributed by atoms with Gasteiger partial charge in [-0.15, -0.1) is 0 Å². The quantitative estimate of drug-likeness (QED) is 0.469. The molecule has 0 aromatic rings. The zero-order valence-electron chi connectivity index (χ0n) is 6.33. The molecule has 2 heteroatoms. The van der Waals surface area contributed by atoms with Crippen molar-refractivity contribution in [1.82, 2.24) is 0 Å². The van der Waals surface area contributed by atoms with Gasteiger partial charge in [-0.1, -0.05) is 0 Å². The number of hydrogen-bond donors (Lipinski definition) is 0. The molecular formula is C7H15BrZn. The van der Waals surface area contributed by atoms with Crippen LogP contribution in [-0.2, 0) is 18.3 Å². The molecule has 0 spiro atoms. The second-order valence-corrected chi connectivity index (χ2v) is 3.75. The van der Waals surface area contributed by atoms with Crippen molar-refractivity contribution >= 4 is 0 Å². The Labute approximate surface area is 79.2 Å². The number of halogens is 1. The van der Waals surface area contributed by atoms with Crippen LogP contribution in [0.1, 0.15) is 39.0 Å². The van der Waals surface area contributed by atoms with Crippen molar-refractivity contribution in [2.45, 2.75) is 44.0 Å². The summed E-state index contributed by atoms with van der Waals surface area (Å²) >= 11 is 1.49. The van der Waals surface area contributed by atoms with Gasteiger partial charge in [0.25, 0.3) is 0 Å². The van der Waals surface area contributed by atoms with Gasteiger partial charge in [0, 0.05) is 0 Å². The fourth-order valence-electron chi connectivity index (χ4n) is 0.780. The molecule has 0 saturated carbocycles. The smallest absolute Gasteiger partial charge is 1.00 e. The Hall–Kier alpha value is 1.10. The Balaban J connectivity index is 0. The Morgan fingerprint density at radius 3 is 2.00 bits per heavy atom. The molecular weight excluding hydrogens is 229 g/mol. The minimum atomic E-state index is 0. The van der Waals surface area contributed by atoms with Crippen molar-refractivity contribution in [2.75, 3.05) is 0 Å². The topological polar surface area (TPSA) is 0 Å². The Bertz CT molecular complexity index is 33.9. The molecule has 0 bridgehead atoms. The van der Waals surface area contributed by atoms with Crippen LogP contribution in [0.4, 0.5) is 0 Å². The predicted octanol–water partition coefficient (Wildman–Crippen LogP) is -0.0741. The van der Waals surface area contributed by atoms with E-state index < -0.39 is 0 Å². The number of unbranched alkanes of at least 4 members (excludes halogenated alkanes) is 4. The molecule has 52 valence electrons. The molecule has 0 nitrogen and oxygen atoms in total. The first-order chi connectivity index (χ1) is 3.91. The molecule has 9 heavy (non-hydrogen) atoms. The molecule has 0 N–H and O–H groups in total. The van der Waals surface area contributed by atoms with Crippen LogP contribution in [-0.4, -0.2) is 0 Å². The monoisotopic (exact) mass is 242 g/mol. The third-order valence-corrected chi connectivity index (χ3v) is 2.40.